The van der Waals surface area contributed by atoms with Gasteiger partial charge in [0.1, 0.15) is 0 Å². The van der Waals surface area contributed by atoms with Gasteiger partial charge in [0.15, 0.2) is 0 Å². The fraction of sp³-hybridized carbons (Fsp3) is 0. The van der Waals surface area contributed by atoms with Crippen LogP contribution in [0.2, 0.25) is 0 Å². The predicted octanol–water partition coefficient (Wildman–Crippen LogP) is 8.36. The number of hydrogen-bond donors (Lipinski definition) is 0. The third-order valence-corrected chi connectivity index (χ3v) is 7.31. The van der Waals surface area contributed by atoms with Gasteiger partial charge in [0.05, 0.1) is 33.8 Å². The maximum Gasteiger partial charge on any atom is 0.0979 e. The molecule has 0 radical (unpaired) electrons. The second-order valence-electron chi connectivity index (χ2n) is 9.53. The van der Waals surface area contributed by atoms with E-state index in [1.165, 1.54) is 0 Å². The van der Waals surface area contributed by atoms with Crippen LogP contribution in [-0.4, -0.2) is 19.9 Å². The van der Waals surface area contributed by atoms with E-state index in [2.05, 4.69) is 91.0 Å². The Hall–Kier alpha value is -4.53. The Morgan fingerprint density at radius 1 is 0.410 bits per heavy atom. The zero-order valence-corrected chi connectivity index (χ0v) is 22.9. The summed E-state index contributed by atoms with van der Waals surface area (Å²) < 4.78 is 0. The van der Waals surface area contributed by atoms with Gasteiger partial charge >= 0.3 is 0 Å². The predicted molar refractivity (Wildman–Crippen MR) is 156 cm³/mol. The number of rotatable bonds is 2. The van der Waals surface area contributed by atoms with Crippen molar-refractivity contribution >= 4 is 54.1 Å². The van der Waals surface area contributed by atoms with Gasteiger partial charge in [-0.25, -0.2) is 9.97 Å². The van der Waals surface area contributed by atoms with Crippen molar-refractivity contribution in [3.05, 3.63) is 122 Å². The van der Waals surface area contributed by atoms with Gasteiger partial charge in [0.25, 0.3) is 0 Å². The largest absolute Gasteiger partial charge is 0.256 e. The number of benzene rings is 4. The minimum atomic E-state index is 0. The van der Waals surface area contributed by atoms with Crippen molar-refractivity contribution in [2.24, 2.45) is 0 Å². The molecule has 0 unspecified atom stereocenters. The number of fused-ring (bicyclic) bond motifs is 7. The third kappa shape index (κ3) is 3.79. The molecule has 186 valence electrons. The first kappa shape index (κ1) is 23.6. The van der Waals surface area contributed by atoms with Crippen LogP contribution in [0, 0.1) is 0 Å². The van der Waals surface area contributed by atoms with Crippen LogP contribution in [-0.2, 0) is 21.1 Å². The van der Waals surface area contributed by atoms with Gasteiger partial charge in [-0.1, -0.05) is 84.9 Å². The summed E-state index contributed by atoms with van der Waals surface area (Å²) in [5.41, 5.74) is 5.28. The van der Waals surface area contributed by atoms with Crippen LogP contribution in [0.15, 0.2) is 122 Å². The Morgan fingerprint density at radius 2 is 1.08 bits per heavy atom. The molecule has 0 N–H and O–H groups in total. The molecule has 0 saturated heterocycles. The van der Waals surface area contributed by atoms with Crippen molar-refractivity contribution in [3.63, 3.8) is 0 Å². The molecule has 0 spiro atoms. The molecule has 4 aromatic carbocycles. The van der Waals surface area contributed by atoms with Crippen LogP contribution in [0.5, 0.6) is 0 Å². The quantitative estimate of drug-likeness (QED) is 0.172. The first-order valence-corrected chi connectivity index (χ1v) is 12.6. The van der Waals surface area contributed by atoms with E-state index in [1.807, 2.05) is 30.6 Å². The standard InChI is InChI=1S/C34H20N4.Pt/c1-3-9-26-21(6-1)17-19-36-33(26)34-27-10-4-2-7-25(27)20-29(38-34)28-16-15-24-14-12-22-11-13-23-8-5-18-35-31(23)30(22)32(24)37-28;/h1-20H;. The molecule has 0 aliphatic carbocycles. The molecular weight excluding hydrogens is 659 g/mol. The number of pyridine rings is 4. The summed E-state index contributed by atoms with van der Waals surface area (Å²) in [4.78, 5) is 19.9. The van der Waals surface area contributed by atoms with Crippen molar-refractivity contribution in [3.8, 4) is 22.8 Å². The molecule has 4 heterocycles. The fourth-order valence-corrected chi connectivity index (χ4v) is 5.49. The first-order valence-electron chi connectivity index (χ1n) is 12.6. The van der Waals surface area contributed by atoms with Crippen molar-refractivity contribution in [1.82, 2.24) is 19.9 Å². The fourth-order valence-electron chi connectivity index (χ4n) is 5.49. The molecule has 0 atom stereocenters. The van der Waals surface area contributed by atoms with Crippen LogP contribution >= 0.6 is 0 Å². The number of hydrogen-bond acceptors (Lipinski definition) is 4. The molecule has 8 rings (SSSR count). The minimum Gasteiger partial charge on any atom is -0.256 e. The van der Waals surface area contributed by atoms with Crippen LogP contribution in [0.1, 0.15) is 0 Å². The Kier molecular flexibility index (Phi) is 5.64. The van der Waals surface area contributed by atoms with Crippen molar-refractivity contribution < 1.29 is 21.1 Å². The van der Waals surface area contributed by atoms with E-state index >= 15 is 0 Å². The Labute approximate surface area is 238 Å². The summed E-state index contributed by atoms with van der Waals surface area (Å²) >= 11 is 0. The Balaban J connectivity index is 0.00000253. The molecule has 4 aromatic heterocycles. The molecule has 0 fully saturated rings. The van der Waals surface area contributed by atoms with Gasteiger partial charge in [-0.15, -0.1) is 0 Å². The molecule has 0 bridgehead atoms. The maximum absolute atomic E-state index is 5.20. The van der Waals surface area contributed by atoms with Crippen molar-refractivity contribution in [1.29, 1.82) is 0 Å². The molecule has 8 aromatic rings. The van der Waals surface area contributed by atoms with E-state index in [0.29, 0.717) is 0 Å². The second-order valence-corrected chi connectivity index (χ2v) is 9.53. The van der Waals surface area contributed by atoms with Gasteiger partial charge in [0, 0.05) is 60.4 Å². The SMILES string of the molecule is [Pt].c1ccc2c(-c3nc(-c4ccc5ccc6ccc7cccnc7c6c5n4)cc4ccccc34)nccc2c1. The van der Waals surface area contributed by atoms with Crippen molar-refractivity contribution in [2.45, 2.75) is 0 Å². The average Bonchev–Trinajstić information content (AvgIpc) is 2.99. The topological polar surface area (TPSA) is 51.6 Å². The van der Waals surface area contributed by atoms with Crippen LogP contribution in [0.3, 0.4) is 0 Å². The van der Waals surface area contributed by atoms with E-state index in [9.17, 15) is 0 Å². The maximum atomic E-state index is 5.20. The summed E-state index contributed by atoms with van der Waals surface area (Å²) in [5, 5.41) is 8.78. The number of nitrogens with zero attached hydrogens (tertiary/aromatic N) is 4. The molecular formula is C34H20N4Pt. The molecule has 0 aliphatic heterocycles. The molecule has 5 heteroatoms. The van der Waals surface area contributed by atoms with Crippen LogP contribution < -0.4 is 0 Å². The zero-order valence-electron chi connectivity index (χ0n) is 20.7. The number of aromatic nitrogens is 4. The van der Waals surface area contributed by atoms with Gasteiger partial charge in [0.2, 0.25) is 0 Å². The summed E-state index contributed by atoms with van der Waals surface area (Å²) in [6.45, 7) is 0. The van der Waals surface area contributed by atoms with E-state index in [4.69, 9.17) is 19.9 Å². The van der Waals surface area contributed by atoms with Gasteiger partial charge in [-0.3, -0.25) is 9.97 Å². The monoisotopic (exact) mass is 679 g/mol. The van der Waals surface area contributed by atoms with Gasteiger partial charge < -0.3 is 0 Å². The molecule has 0 saturated carbocycles. The normalized spacial score (nSPS) is 11.4. The molecule has 39 heavy (non-hydrogen) atoms. The van der Waals surface area contributed by atoms with E-state index in [0.717, 1.165) is 76.9 Å². The zero-order chi connectivity index (χ0) is 25.1. The summed E-state index contributed by atoms with van der Waals surface area (Å²) in [5.74, 6) is 0. The summed E-state index contributed by atoms with van der Waals surface area (Å²) in [6, 6.07) is 37.6. The summed E-state index contributed by atoms with van der Waals surface area (Å²) in [6.07, 6.45) is 3.71. The van der Waals surface area contributed by atoms with E-state index in [1.54, 1.807) is 0 Å². The van der Waals surface area contributed by atoms with Gasteiger partial charge in [-0.2, -0.15) is 0 Å². The van der Waals surface area contributed by atoms with E-state index in [-0.39, 0.29) is 21.1 Å². The summed E-state index contributed by atoms with van der Waals surface area (Å²) in [7, 11) is 0. The van der Waals surface area contributed by atoms with Crippen molar-refractivity contribution in [2.75, 3.05) is 0 Å². The minimum absolute atomic E-state index is 0. The average molecular weight is 680 g/mol. The molecule has 0 amide bonds. The molecule has 4 nitrogen and oxygen atoms in total. The van der Waals surface area contributed by atoms with E-state index < -0.39 is 0 Å². The third-order valence-electron chi connectivity index (χ3n) is 7.31. The van der Waals surface area contributed by atoms with Crippen LogP contribution in [0.25, 0.3) is 76.9 Å². The second kappa shape index (κ2) is 9.34. The van der Waals surface area contributed by atoms with Crippen LogP contribution in [0.4, 0.5) is 0 Å². The Bertz CT molecular complexity index is 2200. The van der Waals surface area contributed by atoms with Gasteiger partial charge in [-0.05, 0) is 40.4 Å². The molecule has 0 aliphatic rings. The smallest absolute Gasteiger partial charge is 0.0979 e. The first-order chi connectivity index (χ1) is 18.8. The Morgan fingerprint density at radius 3 is 1.92 bits per heavy atom.